The molecule has 64 heavy (non-hydrogen) atoms. The van der Waals surface area contributed by atoms with E-state index in [0.717, 1.165) is 0 Å². The van der Waals surface area contributed by atoms with E-state index >= 15 is 0 Å². The summed E-state index contributed by atoms with van der Waals surface area (Å²) in [6, 6.07) is -0.0921. The van der Waals surface area contributed by atoms with E-state index < -0.39 is 172 Å². The van der Waals surface area contributed by atoms with Gasteiger partial charge in [0.2, 0.25) is 0 Å². The predicted octanol–water partition coefficient (Wildman–Crippen LogP) is 8.89. The molecule has 2 aromatic carbocycles. The lowest BCUT2D eigenvalue weighted by atomic mass is 10.1. The first-order chi connectivity index (χ1) is 28.2. The zero-order valence-electron chi connectivity index (χ0n) is 29.4. The van der Waals surface area contributed by atoms with Gasteiger partial charge in [-0.3, -0.25) is 12.5 Å². The second-order valence-corrected chi connectivity index (χ2v) is 17.5. The molecule has 0 aromatic heterocycles. The summed E-state index contributed by atoms with van der Waals surface area (Å²) in [7, 11) is -19.1. The van der Waals surface area contributed by atoms with Gasteiger partial charge in [0.05, 0.1) is 9.79 Å². The Morgan fingerprint density at radius 3 is 1.09 bits per heavy atom. The molecular weight excluding hydrogens is 1030 g/mol. The molecule has 368 valence electrons. The predicted molar refractivity (Wildman–Crippen MR) is 157 cm³/mol. The van der Waals surface area contributed by atoms with Gasteiger partial charge in [0.15, 0.2) is 0 Å². The number of hydrogen-bond acceptors (Lipinski definition) is 9. The maximum absolute atomic E-state index is 14.2. The summed E-state index contributed by atoms with van der Waals surface area (Å²) in [5, 5.41) is 0. The SMILES string of the molecule is O=S(=O)(OCC(F)(F)C(F)(F)C(F)(F)C(F)F)c1ccc2c(c1)Cc1cc(S(=O)(=O)OCC(F)(F)C(F)(F)C(F)(F)C(F)F)cc(S(=O)(=O)OCC(F)(F)C(F)(F)C(F)(F)C(F)F)c1-2. The lowest BCUT2D eigenvalue weighted by molar-refractivity contribution is -0.342. The van der Waals surface area contributed by atoms with Crippen molar-refractivity contribution in [2.45, 2.75) is 93.7 Å². The van der Waals surface area contributed by atoms with Crippen molar-refractivity contribution in [2.75, 3.05) is 19.8 Å². The number of benzene rings is 2. The molecule has 9 nitrogen and oxygen atoms in total. The molecule has 2 aromatic rings. The van der Waals surface area contributed by atoms with Crippen LogP contribution in [0.5, 0.6) is 0 Å². The highest BCUT2D eigenvalue weighted by Crippen LogP contribution is 2.52. The number of fused-ring (bicyclic) bond motifs is 3. The zero-order valence-corrected chi connectivity index (χ0v) is 31.9. The van der Waals surface area contributed by atoms with Crippen molar-refractivity contribution >= 4 is 30.4 Å². The van der Waals surface area contributed by atoms with Crippen molar-refractivity contribution < 1.29 is 143 Å². The van der Waals surface area contributed by atoms with Gasteiger partial charge in [-0.2, -0.15) is 104 Å². The molecule has 0 spiro atoms. The van der Waals surface area contributed by atoms with E-state index in [1.807, 2.05) is 0 Å². The fourth-order valence-corrected chi connectivity index (χ4v) is 8.04. The molecule has 0 atom stereocenters. The molecule has 1 aliphatic rings. The Bertz CT molecular complexity index is 2420. The molecule has 0 bridgehead atoms. The van der Waals surface area contributed by atoms with Gasteiger partial charge in [-0.1, -0.05) is 6.07 Å². The monoisotopic (exact) mass is 1050 g/mol. The summed E-state index contributed by atoms with van der Waals surface area (Å²) in [5.74, 6) is -61.9. The summed E-state index contributed by atoms with van der Waals surface area (Å²) in [4.78, 5) is -5.72. The Morgan fingerprint density at radius 1 is 0.438 bits per heavy atom. The lowest BCUT2D eigenvalue weighted by Gasteiger charge is -2.32. The van der Waals surface area contributed by atoms with Crippen molar-refractivity contribution in [2.24, 2.45) is 0 Å². The average molecular weight is 1050 g/mol. The average Bonchev–Trinajstić information content (AvgIpc) is 3.52. The van der Waals surface area contributed by atoms with E-state index in [9.17, 15) is 131 Å². The van der Waals surface area contributed by atoms with Crippen LogP contribution in [0.4, 0.5) is 105 Å². The molecule has 0 radical (unpaired) electrons. The number of halogens is 24. The maximum Gasteiger partial charge on any atom is 0.380 e. The van der Waals surface area contributed by atoms with Crippen molar-refractivity contribution in [1.82, 2.24) is 0 Å². The first kappa shape index (κ1) is 54.8. The minimum absolute atomic E-state index is 0.0177. The lowest BCUT2D eigenvalue weighted by Crippen LogP contribution is -2.59. The first-order valence-corrected chi connectivity index (χ1v) is 19.7. The van der Waals surface area contributed by atoms with E-state index in [2.05, 4.69) is 12.5 Å². The Morgan fingerprint density at radius 2 is 0.750 bits per heavy atom. The Hall–Kier alpha value is -3.51. The molecule has 1 aliphatic carbocycles. The molecule has 0 saturated carbocycles. The second kappa shape index (κ2) is 16.7. The van der Waals surface area contributed by atoms with Gasteiger partial charge in [-0.15, -0.1) is 0 Å². The van der Waals surface area contributed by atoms with Crippen LogP contribution in [0, 0.1) is 0 Å². The van der Waals surface area contributed by atoms with Crippen molar-refractivity contribution in [1.29, 1.82) is 0 Å². The summed E-state index contributed by atoms with van der Waals surface area (Å²) < 4.78 is 409. The van der Waals surface area contributed by atoms with Crippen LogP contribution in [0.15, 0.2) is 45.0 Å². The largest absolute Gasteiger partial charge is 0.380 e. The van der Waals surface area contributed by atoms with Crippen molar-refractivity contribution in [3.05, 3.63) is 41.5 Å². The fraction of sp³-hybridized carbons (Fsp3) is 0.571. The van der Waals surface area contributed by atoms with E-state index in [-0.39, 0.29) is 24.3 Å². The minimum atomic E-state index is -7.21. The van der Waals surface area contributed by atoms with E-state index in [4.69, 9.17) is 0 Å². The summed E-state index contributed by atoms with van der Waals surface area (Å²) >= 11 is 0. The van der Waals surface area contributed by atoms with Gasteiger partial charge in [0.1, 0.15) is 24.7 Å². The highest BCUT2D eigenvalue weighted by Gasteiger charge is 2.77. The number of hydrogen-bond donors (Lipinski definition) is 0. The summed E-state index contributed by atoms with van der Waals surface area (Å²) in [6.07, 6.45) is -17.9. The number of alkyl halides is 24. The molecule has 0 heterocycles. The zero-order chi connectivity index (χ0) is 50.3. The van der Waals surface area contributed by atoms with Gasteiger partial charge in [0.25, 0.3) is 30.4 Å². The molecular formula is C28H16F24O9S3. The molecule has 0 saturated heterocycles. The van der Waals surface area contributed by atoms with E-state index in [1.54, 1.807) is 0 Å². The molecule has 0 amide bonds. The van der Waals surface area contributed by atoms with Gasteiger partial charge in [-0.05, 0) is 47.4 Å². The minimum Gasteiger partial charge on any atom is -0.260 e. The highest BCUT2D eigenvalue weighted by atomic mass is 32.2. The topological polar surface area (TPSA) is 130 Å². The van der Waals surface area contributed by atoms with Gasteiger partial charge < -0.3 is 0 Å². The number of rotatable bonds is 21. The van der Waals surface area contributed by atoms with Crippen LogP contribution >= 0.6 is 0 Å². The third-order valence-electron chi connectivity index (χ3n) is 8.37. The van der Waals surface area contributed by atoms with Gasteiger partial charge >= 0.3 is 72.6 Å². The molecule has 3 rings (SSSR count). The smallest absolute Gasteiger partial charge is 0.260 e. The molecule has 0 fully saturated rings. The third kappa shape index (κ3) is 9.26. The van der Waals surface area contributed by atoms with Gasteiger partial charge in [-0.25, -0.2) is 26.3 Å². The second-order valence-electron chi connectivity index (χ2n) is 12.7. The van der Waals surface area contributed by atoms with Crippen molar-refractivity contribution in [3.63, 3.8) is 0 Å². The molecule has 36 heteroatoms. The quantitative estimate of drug-likeness (QED) is 0.0759. The van der Waals surface area contributed by atoms with E-state index in [0.29, 0.717) is 0 Å². The fourth-order valence-electron chi connectivity index (χ4n) is 4.82. The third-order valence-corrected chi connectivity index (χ3v) is 12.2. The first-order valence-electron chi connectivity index (χ1n) is 15.5. The van der Waals surface area contributed by atoms with Crippen LogP contribution < -0.4 is 0 Å². The van der Waals surface area contributed by atoms with Gasteiger partial charge in [0, 0.05) is 5.56 Å². The van der Waals surface area contributed by atoms with E-state index in [1.165, 1.54) is 0 Å². The Kier molecular flexibility index (Phi) is 14.3. The summed E-state index contributed by atoms with van der Waals surface area (Å²) in [6.45, 7) is -10.5. The standard InChI is InChI=1S/C28H16F24O9S3/c29-17(30)23(41,42)26(47,48)20(35,36)7-59-62(53,54)12-1-2-14-10(4-12)3-11-5-13(63(55,56)60-8-21(37,38)27(49,50)24(43,44)18(31)32)6-15(16(11)14)64(57,58)61-9-22(39,40)28(51,52)25(45,46)19(33)34/h1-2,4-6,17-19H,3,7-9H2. The Labute approximate surface area is 339 Å². The van der Waals surface area contributed by atoms with Crippen LogP contribution in [0.3, 0.4) is 0 Å². The highest BCUT2D eigenvalue weighted by molar-refractivity contribution is 7.87. The summed E-state index contributed by atoms with van der Waals surface area (Å²) in [5.41, 5.74) is -4.10. The normalized spacial score (nSPS) is 15.7. The van der Waals surface area contributed by atoms with Crippen LogP contribution in [-0.2, 0) is 49.3 Å². The Balaban J connectivity index is 2.19. The molecule has 0 unspecified atom stereocenters. The van der Waals surface area contributed by atoms with Crippen LogP contribution in [0.2, 0.25) is 0 Å². The molecule has 0 N–H and O–H groups in total. The van der Waals surface area contributed by atoms with Crippen LogP contribution in [0.25, 0.3) is 11.1 Å². The van der Waals surface area contributed by atoms with Crippen LogP contribution in [-0.4, -0.2) is 118 Å². The molecule has 0 aliphatic heterocycles. The maximum atomic E-state index is 14.2. The van der Waals surface area contributed by atoms with Crippen LogP contribution in [0.1, 0.15) is 11.1 Å². The van der Waals surface area contributed by atoms with Crippen molar-refractivity contribution in [3.8, 4) is 11.1 Å².